The van der Waals surface area contributed by atoms with E-state index in [9.17, 15) is 9.59 Å². The van der Waals surface area contributed by atoms with Gasteiger partial charge < -0.3 is 15.5 Å². The first-order chi connectivity index (χ1) is 13.5. The van der Waals surface area contributed by atoms with Gasteiger partial charge in [0.15, 0.2) is 11.5 Å². The number of urea groups is 1. The molecule has 8 nitrogen and oxygen atoms in total. The molecule has 2 aromatic heterocycles. The second-order valence-electron chi connectivity index (χ2n) is 7.17. The molecule has 1 fully saturated rings. The highest BCUT2D eigenvalue weighted by molar-refractivity contribution is 5.74. The molecule has 150 valence electrons. The summed E-state index contributed by atoms with van der Waals surface area (Å²) in [4.78, 5) is 35.9. The van der Waals surface area contributed by atoms with Crippen molar-refractivity contribution in [2.24, 2.45) is 0 Å². The molecule has 3 rings (SSSR count). The zero-order chi connectivity index (χ0) is 20.1. The van der Waals surface area contributed by atoms with Gasteiger partial charge in [-0.25, -0.2) is 14.8 Å². The summed E-state index contributed by atoms with van der Waals surface area (Å²) in [5.41, 5.74) is 1.09. The van der Waals surface area contributed by atoms with E-state index in [0.29, 0.717) is 36.6 Å². The Morgan fingerprint density at radius 2 is 2.18 bits per heavy atom. The summed E-state index contributed by atoms with van der Waals surface area (Å²) in [5.74, 6) is 0.435. The van der Waals surface area contributed by atoms with Crippen LogP contribution in [0.15, 0.2) is 35.8 Å². The average molecular weight is 384 g/mol. The minimum Gasteiger partial charge on any atom is -0.352 e. The first-order valence-corrected chi connectivity index (χ1v) is 9.82. The molecule has 2 N–H and O–H groups in total. The van der Waals surface area contributed by atoms with Gasteiger partial charge >= 0.3 is 6.03 Å². The smallest absolute Gasteiger partial charge is 0.315 e. The summed E-state index contributed by atoms with van der Waals surface area (Å²) in [5, 5.41) is 5.95. The summed E-state index contributed by atoms with van der Waals surface area (Å²) < 4.78 is 1.61. The molecule has 0 bridgehead atoms. The van der Waals surface area contributed by atoms with Crippen LogP contribution in [0.3, 0.4) is 0 Å². The van der Waals surface area contributed by atoms with Crippen molar-refractivity contribution in [3.05, 3.63) is 41.3 Å². The van der Waals surface area contributed by atoms with Crippen LogP contribution >= 0.6 is 0 Å². The van der Waals surface area contributed by atoms with E-state index in [0.717, 1.165) is 19.3 Å². The highest BCUT2D eigenvalue weighted by Gasteiger charge is 2.24. The van der Waals surface area contributed by atoms with Gasteiger partial charge in [0.25, 0.3) is 5.56 Å². The standard InChI is InChI=1S/C20H28N6O2/c1-4-11-26-17-16(7-6-10-21-17)24-18(19(26)27)25-12-8-15(9-13-25)23-20(28)22-14(3)5-2/h4,6-7,10,14-15H,1,5,8-9,11-13H2,2-3H3,(H2,22,23,28)/t14-/m0/s1. The molecule has 1 saturated heterocycles. The quantitative estimate of drug-likeness (QED) is 0.744. The summed E-state index contributed by atoms with van der Waals surface area (Å²) in [6.45, 7) is 9.47. The van der Waals surface area contributed by atoms with Crippen LogP contribution < -0.4 is 21.1 Å². The van der Waals surface area contributed by atoms with E-state index in [1.807, 2.05) is 30.9 Å². The zero-order valence-corrected chi connectivity index (χ0v) is 16.5. The predicted octanol–water partition coefficient (Wildman–Crippen LogP) is 2.04. The van der Waals surface area contributed by atoms with E-state index < -0.39 is 0 Å². The van der Waals surface area contributed by atoms with Crippen LogP contribution in [0.5, 0.6) is 0 Å². The van der Waals surface area contributed by atoms with E-state index in [1.165, 1.54) is 0 Å². The molecule has 2 amide bonds. The zero-order valence-electron chi connectivity index (χ0n) is 16.5. The first-order valence-electron chi connectivity index (χ1n) is 9.82. The number of nitrogens with zero attached hydrogens (tertiary/aromatic N) is 4. The summed E-state index contributed by atoms with van der Waals surface area (Å²) >= 11 is 0. The number of amides is 2. The van der Waals surface area contributed by atoms with Crippen molar-refractivity contribution in [1.29, 1.82) is 0 Å². The van der Waals surface area contributed by atoms with Crippen LogP contribution in [0.1, 0.15) is 33.1 Å². The molecule has 28 heavy (non-hydrogen) atoms. The lowest BCUT2D eigenvalue weighted by Gasteiger charge is -2.33. The van der Waals surface area contributed by atoms with Gasteiger partial charge in [0.1, 0.15) is 5.52 Å². The Hall–Kier alpha value is -2.90. The first kappa shape index (κ1) is 19.9. The fourth-order valence-electron chi connectivity index (χ4n) is 3.36. The van der Waals surface area contributed by atoms with Crippen molar-refractivity contribution < 1.29 is 4.79 Å². The van der Waals surface area contributed by atoms with Crippen LogP contribution in [0, 0.1) is 0 Å². The number of nitrogens with one attached hydrogen (secondary N) is 2. The monoisotopic (exact) mass is 384 g/mol. The minimum atomic E-state index is -0.160. The number of allylic oxidation sites excluding steroid dienone is 1. The van der Waals surface area contributed by atoms with Crippen molar-refractivity contribution in [3.8, 4) is 0 Å². The number of anilines is 1. The van der Waals surface area contributed by atoms with Crippen LogP contribution in [0.2, 0.25) is 0 Å². The number of piperidine rings is 1. The Balaban J connectivity index is 1.73. The van der Waals surface area contributed by atoms with Gasteiger partial charge in [0.05, 0.1) is 0 Å². The molecule has 1 aliphatic rings. The minimum absolute atomic E-state index is 0.0952. The maximum atomic E-state index is 13.0. The fourth-order valence-corrected chi connectivity index (χ4v) is 3.36. The van der Waals surface area contributed by atoms with Gasteiger partial charge in [0, 0.05) is 37.9 Å². The van der Waals surface area contributed by atoms with Crippen molar-refractivity contribution in [2.45, 2.75) is 51.7 Å². The SMILES string of the molecule is C=CCn1c(=O)c(N2CCC(NC(=O)N[C@@H](C)CC)CC2)nc2cccnc21. The lowest BCUT2D eigenvalue weighted by atomic mass is 10.1. The highest BCUT2D eigenvalue weighted by Crippen LogP contribution is 2.18. The third-order valence-corrected chi connectivity index (χ3v) is 5.12. The second kappa shape index (κ2) is 8.86. The van der Waals surface area contributed by atoms with Gasteiger partial charge in [-0.05, 0) is 38.3 Å². The van der Waals surface area contributed by atoms with Crippen molar-refractivity contribution in [3.63, 3.8) is 0 Å². The lowest BCUT2D eigenvalue weighted by Crippen LogP contribution is -2.50. The Labute approximate surface area is 164 Å². The molecule has 1 aliphatic heterocycles. The molecule has 3 heterocycles. The number of hydrogen-bond donors (Lipinski definition) is 2. The normalized spacial score (nSPS) is 16.0. The van der Waals surface area contributed by atoms with Crippen molar-refractivity contribution in [2.75, 3.05) is 18.0 Å². The maximum absolute atomic E-state index is 13.0. The number of carbonyl (C=O) groups is 1. The number of rotatable bonds is 6. The van der Waals surface area contributed by atoms with Crippen molar-refractivity contribution in [1.82, 2.24) is 25.2 Å². The second-order valence-corrected chi connectivity index (χ2v) is 7.17. The molecule has 0 aromatic carbocycles. The van der Waals surface area contributed by atoms with Crippen LogP contribution in [0.4, 0.5) is 10.6 Å². The van der Waals surface area contributed by atoms with E-state index in [-0.39, 0.29) is 23.7 Å². The van der Waals surface area contributed by atoms with Gasteiger partial charge in [0.2, 0.25) is 0 Å². The van der Waals surface area contributed by atoms with Gasteiger partial charge in [-0.15, -0.1) is 6.58 Å². The Bertz CT molecular complexity index is 901. The third kappa shape index (κ3) is 4.32. The summed E-state index contributed by atoms with van der Waals surface area (Å²) in [6, 6.07) is 3.79. The molecular formula is C20H28N6O2. The maximum Gasteiger partial charge on any atom is 0.315 e. The van der Waals surface area contributed by atoms with E-state index >= 15 is 0 Å². The Morgan fingerprint density at radius 1 is 1.43 bits per heavy atom. The van der Waals surface area contributed by atoms with Crippen LogP contribution in [-0.4, -0.2) is 45.7 Å². The Morgan fingerprint density at radius 3 is 2.86 bits per heavy atom. The third-order valence-electron chi connectivity index (χ3n) is 5.12. The summed E-state index contributed by atoms with van der Waals surface area (Å²) in [6.07, 6.45) is 5.77. The molecule has 0 spiro atoms. The molecule has 0 saturated carbocycles. The van der Waals surface area contributed by atoms with E-state index in [2.05, 4.69) is 27.2 Å². The van der Waals surface area contributed by atoms with Gasteiger partial charge in [-0.1, -0.05) is 13.0 Å². The topological polar surface area (TPSA) is 92.2 Å². The molecule has 0 radical (unpaired) electrons. The average Bonchev–Trinajstić information content (AvgIpc) is 2.70. The lowest BCUT2D eigenvalue weighted by molar-refractivity contribution is 0.231. The molecule has 2 aromatic rings. The molecular weight excluding hydrogens is 356 g/mol. The van der Waals surface area contributed by atoms with Gasteiger partial charge in [-0.2, -0.15) is 0 Å². The number of aromatic nitrogens is 3. The largest absolute Gasteiger partial charge is 0.352 e. The number of carbonyl (C=O) groups excluding carboxylic acids is 1. The van der Waals surface area contributed by atoms with Crippen LogP contribution in [0.25, 0.3) is 11.2 Å². The number of fused-ring (bicyclic) bond motifs is 1. The highest BCUT2D eigenvalue weighted by atomic mass is 16.2. The van der Waals surface area contributed by atoms with Crippen molar-refractivity contribution >= 4 is 23.0 Å². The van der Waals surface area contributed by atoms with E-state index in [4.69, 9.17) is 0 Å². The summed E-state index contributed by atoms with van der Waals surface area (Å²) in [7, 11) is 0. The van der Waals surface area contributed by atoms with Gasteiger partial charge in [-0.3, -0.25) is 9.36 Å². The van der Waals surface area contributed by atoms with Crippen LogP contribution in [-0.2, 0) is 6.54 Å². The van der Waals surface area contributed by atoms with E-state index in [1.54, 1.807) is 16.8 Å². The molecule has 1 atom stereocenters. The Kier molecular flexibility index (Phi) is 6.28. The predicted molar refractivity (Wildman–Crippen MR) is 111 cm³/mol. The number of pyridine rings is 1. The number of hydrogen-bond acceptors (Lipinski definition) is 5. The molecule has 8 heteroatoms. The fraction of sp³-hybridized carbons (Fsp3) is 0.500. The molecule has 0 aliphatic carbocycles. The molecule has 0 unspecified atom stereocenters.